The van der Waals surface area contributed by atoms with Crippen LogP contribution >= 0.6 is 0 Å². The van der Waals surface area contributed by atoms with Crippen LogP contribution in [0.15, 0.2) is 6.20 Å². The number of nitro groups is 1. The highest BCUT2D eigenvalue weighted by molar-refractivity contribution is 5.56. The first-order valence-corrected chi connectivity index (χ1v) is 6.17. The van der Waals surface area contributed by atoms with Gasteiger partial charge in [-0.3, -0.25) is 10.1 Å². The second kappa shape index (κ2) is 5.61. The number of hydrogen-bond acceptors (Lipinski definition) is 6. The minimum atomic E-state index is -0.503. The van der Waals surface area contributed by atoms with Gasteiger partial charge >= 0.3 is 5.69 Å². The van der Waals surface area contributed by atoms with E-state index in [1.165, 1.54) is 25.7 Å². The molecule has 7 nitrogen and oxygen atoms in total. The van der Waals surface area contributed by atoms with Crippen molar-refractivity contribution < 1.29 is 4.92 Å². The molecule has 0 radical (unpaired) electrons. The van der Waals surface area contributed by atoms with Crippen LogP contribution in [0.25, 0.3) is 0 Å². The average molecular weight is 251 g/mol. The van der Waals surface area contributed by atoms with E-state index in [0.29, 0.717) is 6.54 Å². The van der Waals surface area contributed by atoms with Crippen molar-refractivity contribution in [1.29, 1.82) is 0 Å². The molecule has 98 valence electrons. The summed E-state index contributed by atoms with van der Waals surface area (Å²) in [6.45, 7) is 0.682. The number of anilines is 2. The summed E-state index contributed by atoms with van der Waals surface area (Å²) in [5, 5.41) is 13.8. The minimum Gasteiger partial charge on any atom is -0.368 e. The van der Waals surface area contributed by atoms with Crippen molar-refractivity contribution in [2.24, 2.45) is 5.92 Å². The van der Waals surface area contributed by atoms with Gasteiger partial charge < -0.3 is 11.1 Å². The lowest BCUT2D eigenvalue weighted by Crippen LogP contribution is -2.11. The zero-order valence-corrected chi connectivity index (χ0v) is 10.1. The zero-order chi connectivity index (χ0) is 13.0. The molecule has 3 N–H and O–H groups in total. The second-order valence-electron chi connectivity index (χ2n) is 4.59. The highest BCUT2D eigenvalue weighted by Crippen LogP contribution is 2.28. The van der Waals surface area contributed by atoms with E-state index in [0.717, 1.165) is 18.5 Å². The largest absolute Gasteiger partial charge is 0.368 e. The summed E-state index contributed by atoms with van der Waals surface area (Å²) in [5.41, 5.74) is 5.31. The summed E-state index contributed by atoms with van der Waals surface area (Å²) in [6, 6.07) is 0. The van der Waals surface area contributed by atoms with E-state index in [9.17, 15) is 10.1 Å². The van der Waals surface area contributed by atoms with Crippen LogP contribution in [-0.2, 0) is 0 Å². The maximum Gasteiger partial charge on any atom is 0.329 e. The molecular formula is C11H17N5O2. The summed E-state index contributed by atoms with van der Waals surface area (Å²) in [4.78, 5) is 17.8. The van der Waals surface area contributed by atoms with Crippen LogP contribution in [0, 0.1) is 16.0 Å². The number of nitrogens with zero attached hydrogens (tertiary/aromatic N) is 3. The predicted octanol–water partition coefficient (Wildman–Crippen LogP) is 1.96. The molecular weight excluding hydrogens is 234 g/mol. The summed E-state index contributed by atoms with van der Waals surface area (Å²) < 4.78 is 0. The van der Waals surface area contributed by atoms with Gasteiger partial charge in [0.25, 0.3) is 0 Å². The lowest BCUT2D eigenvalue weighted by Gasteiger charge is -2.10. The molecule has 7 heteroatoms. The first-order valence-electron chi connectivity index (χ1n) is 6.17. The van der Waals surface area contributed by atoms with Crippen LogP contribution in [0.1, 0.15) is 32.1 Å². The lowest BCUT2D eigenvalue weighted by molar-refractivity contribution is -0.384. The molecule has 1 aromatic rings. The third kappa shape index (κ3) is 3.06. The minimum absolute atomic E-state index is 0.0453. The van der Waals surface area contributed by atoms with Crippen molar-refractivity contribution in [3.8, 4) is 0 Å². The molecule has 1 fully saturated rings. The second-order valence-corrected chi connectivity index (χ2v) is 4.59. The van der Waals surface area contributed by atoms with E-state index >= 15 is 0 Å². The molecule has 0 spiro atoms. The fourth-order valence-electron chi connectivity index (χ4n) is 2.35. The molecule has 1 aliphatic rings. The van der Waals surface area contributed by atoms with Gasteiger partial charge in [-0.1, -0.05) is 25.7 Å². The standard InChI is InChI=1S/C11H17N5O2/c12-11-14-7-9(16(17)18)10(15-11)13-6-5-8-3-1-2-4-8/h7-8H,1-6H2,(H3,12,13,14,15). The highest BCUT2D eigenvalue weighted by atomic mass is 16.6. The Hall–Kier alpha value is -1.92. The molecule has 0 amide bonds. The van der Waals surface area contributed by atoms with Gasteiger partial charge in [-0.25, -0.2) is 4.98 Å². The van der Waals surface area contributed by atoms with Gasteiger partial charge in [0.05, 0.1) is 4.92 Å². The van der Waals surface area contributed by atoms with Gasteiger partial charge in [-0.2, -0.15) is 4.98 Å². The Bertz CT molecular complexity index is 431. The Labute approximate surface area is 105 Å². The summed E-state index contributed by atoms with van der Waals surface area (Å²) in [6.07, 6.45) is 7.27. The SMILES string of the molecule is Nc1ncc([N+](=O)[O-])c(NCCC2CCCC2)n1. The van der Waals surface area contributed by atoms with Crippen LogP contribution in [0.3, 0.4) is 0 Å². The van der Waals surface area contributed by atoms with Crippen molar-refractivity contribution in [3.05, 3.63) is 16.3 Å². The van der Waals surface area contributed by atoms with Crippen molar-refractivity contribution in [1.82, 2.24) is 9.97 Å². The van der Waals surface area contributed by atoms with Gasteiger partial charge in [-0.15, -0.1) is 0 Å². The van der Waals surface area contributed by atoms with Crippen LogP contribution in [-0.4, -0.2) is 21.4 Å². The number of nitrogen functional groups attached to an aromatic ring is 1. The normalized spacial score (nSPS) is 15.8. The molecule has 0 atom stereocenters. The molecule has 0 aliphatic heterocycles. The summed E-state index contributed by atoms with van der Waals surface area (Å²) in [7, 11) is 0. The highest BCUT2D eigenvalue weighted by Gasteiger charge is 2.18. The van der Waals surface area contributed by atoms with Gasteiger partial charge in [0.2, 0.25) is 11.8 Å². The van der Waals surface area contributed by atoms with Crippen molar-refractivity contribution in [2.45, 2.75) is 32.1 Å². The molecule has 18 heavy (non-hydrogen) atoms. The van der Waals surface area contributed by atoms with Crippen LogP contribution < -0.4 is 11.1 Å². The summed E-state index contributed by atoms with van der Waals surface area (Å²) in [5.74, 6) is 0.991. The molecule has 1 heterocycles. The molecule has 1 aromatic heterocycles. The first kappa shape index (κ1) is 12.5. The maximum atomic E-state index is 10.8. The molecule has 0 aromatic carbocycles. The molecule has 0 saturated heterocycles. The molecule has 0 unspecified atom stereocenters. The predicted molar refractivity (Wildman–Crippen MR) is 68.2 cm³/mol. The maximum absolute atomic E-state index is 10.8. The number of aromatic nitrogens is 2. The number of nitrogens with two attached hydrogens (primary N) is 1. The molecule has 1 saturated carbocycles. The van der Waals surface area contributed by atoms with E-state index in [2.05, 4.69) is 15.3 Å². The van der Waals surface area contributed by atoms with Crippen molar-refractivity contribution in [2.75, 3.05) is 17.6 Å². The van der Waals surface area contributed by atoms with E-state index in [1.807, 2.05) is 0 Å². The van der Waals surface area contributed by atoms with E-state index in [-0.39, 0.29) is 17.5 Å². The monoisotopic (exact) mass is 251 g/mol. The first-order chi connectivity index (χ1) is 8.66. The average Bonchev–Trinajstić information content (AvgIpc) is 2.82. The fraction of sp³-hybridized carbons (Fsp3) is 0.636. The Morgan fingerprint density at radius 1 is 1.50 bits per heavy atom. The zero-order valence-electron chi connectivity index (χ0n) is 10.1. The van der Waals surface area contributed by atoms with Gasteiger partial charge in [0, 0.05) is 6.54 Å². The molecule has 0 bridgehead atoms. The third-order valence-corrected chi connectivity index (χ3v) is 3.30. The van der Waals surface area contributed by atoms with Crippen LogP contribution in [0.2, 0.25) is 0 Å². The van der Waals surface area contributed by atoms with E-state index in [4.69, 9.17) is 5.73 Å². The Morgan fingerprint density at radius 3 is 2.89 bits per heavy atom. The van der Waals surface area contributed by atoms with E-state index in [1.54, 1.807) is 0 Å². The Balaban J connectivity index is 1.94. The van der Waals surface area contributed by atoms with Crippen molar-refractivity contribution >= 4 is 17.5 Å². The smallest absolute Gasteiger partial charge is 0.329 e. The lowest BCUT2D eigenvalue weighted by atomic mass is 10.0. The quantitative estimate of drug-likeness (QED) is 0.611. The Morgan fingerprint density at radius 2 is 2.22 bits per heavy atom. The Kier molecular flexibility index (Phi) is 3.91. The molecule has 1 aliphatic carbocycles. The third-order valence-electron chi connectivity index (χ3n) is 3.30. The molecule has 2 rings (SSSR count). The topological polar surface area (TPSA) is 107 Å². The van der Waals surface area contributed by atoms with Crippen molar-refractivity contribution in [3.63, 3.8) is 0 Å². The van der Waals surface area contributed by atoms with Gasteiger partial charge in [-0.05, 0) is 12.3 Å². The number of nitrogens with one attached hydrogen (secondary N) is 1. The van der Waals surface area contributed by atoms with Crippen LogP contribution in [0.4, 0.5) is 17.5 Å². The van der Waals surface area contributed by atoms with E-state index < -0.39 is 4.92 Å². The number of rotatable bonds is 5. The summed E-state index contributed by atoms with van der Waals surface area (Å²) >= 11 is 0. The van der Waals surface area contributed by atoms with Gasteiger partial charge in [0.1, 0.15) is 6.20 Å². The number of hydrogen-bond donors (Lipinski definition) is 2. The fourth-order valence-corrected chi connectivity index (χ4v) is 2.35. The van der Waals surface area contributed by atoms with Gasteiger partial charge in [0.15, 0.2) is 0 Å². The van der Waals surface area contributed by atoms with Crippen LogP contribution in [0.5, 0.6) is 0 Å².